The number of hydrogen-bond acceptors (Lipinski definition) is 2. The van der Waals surface area contributed by atoms with E-state index in [0.29, 0.717) is 12.3 Å². The zero-order valence-electron chi connectivity index (χ0n) is 11.1. The van der Waals surface area contributed by atoms with Crippen molar-refractivity contribution in [3.63, 3.8) is 0 Å². The highest BCUT2D eigenvalue weighted by molar-refractivity contribution is 9.10. The van der Waals surface area contributed by atoms with E-state index in [1.54, 1.807) is 0 Å². The minimum atomic E-state index is 0.263. The van der Waals surface area contributed by atoms with Crippen molar-refractivity contribution >= 4 is 21.8 Å². The fourth-order valence-corrected chi connectivity index (χ4v) is 2.14. The summed E-state index contributed by atoms with van der Waals surface area (Å²) >= 11 is 3.44. The van der Waals surface area contributed by atoms with Crippen LogP contribution >= 0.6 is 15.9 Å². The average molecular weight is 312 g/mol. The molecule has 1 rings (SSSR count). The predicted molar refractivity (Wildman–Crippen MR) is 80.8 cm³/mol. The van der Waals surface area contributed by atoms with Gasteiger partial charge in [-0.15, -0.1) is 0 Å². The van der Waals surface area contributed by atoms with Crippen molar-refractivity contribution in [3.8, 4) is 0 Å². The van der Waals surface area contributed by atoms with E-state index < -0.39 is 0 Å². The van der Waals surface area contributed by atoms with Crippen molar-refractivity contribution in [2.24, 2.45) is 11.7 Å². The maximum atomic E-state index is 7.32. The summed E-state index contributed by atoms with van der Waals surface area (Å²) in [6.45, 7) is 7.22. The SMILES string of the molecule is CC(C)CN(CCC(=N)N)Cc1ccc(Br)cc1. The molecule has 0 heterocycles. The van der Waals surface area contributed by atoms with Crippen LogP contribution in [-0.4, -0.2) is 23.8 Å². The van der Waals surface area contributed by atoms with E-state index in [4.69, 9.17) is 11.1 Å². The maximum absolute atomic E-state index is 7.32. The quantitative estimate of drug-likeness (QED) is 0.600. The van der Waals surface area contributed by atoms with E-state index in [2.05, 4.69) is 58.9 Å². The van der Waals surface area contributed by atoms with Crippen LogP contribution < -0.4 is 5.73 Å². The molecule has 0 aliphatic carbocycles. The molecule has 18 heavy (non-hydrogen) atoms. The minimum absolute atomic E-state index is 0.263. The van der Waals surface area contributed by atoms with E-state index in [9.17, 15) is 0 Å². The summed E-state index contributed by atoms with van der Waals surface area (Å²) in [6.07, 6.45) is 0.642. The third kappa shape index (κ3) is 6.17. The molecule has 1 aromatic carbocycles. The lowest BCUT2D eigenvalue weighted by molar-refractivity contribution is 0.242. The Labute approximate surface area is 118 Å². The van der Waals surface area contributed by atoms with Gasteiger partial charge in [-0.05, 0) is 23.6 Å². The Morgan fingerprint density at radius 1 is 1.33 bits per heavy atom. The van der Waals surface area contributed by atoms with Gasteiger partial charge in [-0.3, -0.25) is 10.3 Å². The molecule has 0 saturated heterocycles. The summed E-state index contributed by atoms with van der Waals surface area (Å²) in [4.78, 5) is 2.36. The van der Waals surface area contributed by atoms with Crippen LogP contribution in [0.15, 0.2) is 28.7 Å². The lowest BCUT2D eigenvalue weighted by atomic mass is 10.1. The van der Waals surface area contributed by atoms with Gasteiger partial charge in [-0.2, -0.15) is 0 Å². The zero-order valence-corrected chi connectivity index (χ0v) is 12.7. The Kier molecular flexibility index (Phi) is 6.36. The number of rotatable bonds is 7. The van der Waals surface area contributed by atoms with Crippen LogP contribution in [0.25, 0.3) is 0 Å². The minimum Gasteiger partial charge on any atom is -0.388 e. The summed E-state index contributed by atoms with van der Waals surface area (Å²) in [5.74, 6) is 0.881. The highest BCUT2D eigenvalue weighted by Gasteiger charge is 2.08. The molecule has 3 N–H and O–H groups in total. The second kappa shape index (κ2) is 7.54. The molecule has 3 nitrogen and oxygen atoms in total. The Hall–Kier alpha value is -0.870. The number of nitrogens with one attached hydrogen (secondary N) is 1. The van der Waals surface area contributed by atoms with Gasteiger partial charge in [0, 0.05) is 30.5 Å². The van der Waals surface area contributed by atoms with E-state index >= 15 is 0 Å². The van der Waals surface area contributed by atoms with Crippen molar-refractivity contribution in [2.75, 3.05) is 13.1 Å². The first-order chi connectivity index (χ1) is 8.47. The van der Waals surface area contributed by atoms with E-state index in [0.717, 1.165) is 24.1 Å². The Balaban J connectivity index is 2.59. The lowest BCUT2D eigenvalue weighted by Crippen LogP contribution is -2.30. The summed E-state index contributed by atoms with van der Waals surface area (Å²) in [5, 5.41) is 7.32. The molecule has 0 saturated carbocycles. The molecular weight excluding hydrogens is 290 g/mol. The molecule has 0 fully saturated rings. The fourth-order valence-electron chi connectivity index (χ4n) is 1.88. The Bertz CT molecular complexity index is 373. The number of hydrogen-bond donors (Lipinski definition) is 2. The molecule has 100 valence electrons. The smallest absolute Gasteiger partial charge is 0.0918 e. The summed E-state index contributed by atoms with van der Waals surface area (Å²) in [7, 11) is 0. The van der Waals surface area contributed by atoms with E-state index in [-0.39, 0.29) is 5.84 Å². The molecular formula is C14H22BrN3. The largest absolute Gasteiger partial charge is 0.388 e. The molecule has 0 aliphatic rings. The van der Waals surface area contributed by atoms with Crippen LogP contribution in [0.4, 0.5) is 0 Å². The number of nitrogens with two attached hydrogens (primary N) is 1. The second-order valence-corrected chi connectivity index (χ2v) is 5.95. The summed E-state index contributed by atoms with van der Waals surface area (Å²) in [6, 6.07) is 8.39. The molecule has 0 radical (unpaired) electrons. The second-order valence-electron chi connectivity index (χ2n) is 5.03. The van der Waals surface area contributed by atoms with Gasteiger partial charge in [0.15, 0.2) is 0 Å². The molecule has 0 aromatic heterocycles. The fraction of sp³-hybridized carbons (Fsp3) is 0.500. The van der Waals surface area contributed by atoms with Gasteiger partial charge >= 0.3 is 0 Å². The van der Waals surface area contributed by atoms with Gasteiger partial charge in [0.2, 0.25) is 0 Å². The summed E-state index contributed by atoms with van der Waals surface area (Å²) < 4.78 is 1.10. The standard InChI is InChI=1S/C14H22BrN3/c1-11(2)9-18(8-7-14(16)17)10-12-3-5-13(15)6-4-12/h3-6,11H,7-10H2,1-2H3,(H3,16,17). The Morgan fingerprint density at radius 2 is 1.94 bits per heavy atom. The molecule has 0 unspecified atom stereocenters. The molecule has 0 amide bonds. The van der Waals surface area contributed by atoms with Gasteiger partial charge in [-0.25, -0.2) is 0 Å². The summed E-state index contributed by atoms with van der Waals surface area (Å²) in [5.41, 5.74) is 6.73. The molecule has 4 heteroatoms. The van der Waals surface area contributed by atoms with Gasteiger partial charge < -0.3 is 5.73 Å². The highest BCUT2D eigenvalue weighted by atomic mass is 79.9. The number of halogens is 1. The third-order valence-electron chi connectivity index (χ3n) is 2.64. The number of nitrogens with zero attached hydrogens (tertiary/aromatic N) is 1. The first-order valence-corrected chi connectivity index (χ1v) is 7.06. The molecule has 0 atom stereocenters. The van der Waals surface area contributed by atoms with Gasteiger partial charge in [0.25, 0.3) is 0 Å². The first-order valence-electron chi connectivity index (χ1n) is 6.27. The van der Waals surface area contributed by atoms with Crippen molar-refractivity contribution in [2.45, 2.75) is 26.8 Å². The van der Waals surface area contributed by atoms with Crippen LogP contribution in [0.5, 0.6) is 0 Å². The predicted octanol–water partition coefficient (Wildman–Crippen LogP) is 3.23. The van der Waals surface area contributed by atoms with Crippen molar-refractivity contribution in [1.29, 1.82) is 5.41 Å². The highest BCUT2D eigenvalue weighted by Crippen LogP contribution is 2.13. The van der Waals surface area contributed by atoms with Gasteiger partial charge in [0.1, 0.15) is 0 Å². The van der Waals surface area contributed by atoms with Gasteiger partial charge in [-0.1, -0.05) is 41.9 Å². The molecule has 0 aliphatic heterocycles. The van der Waals surface area contributed by atoms with E-state index in [1.807, 2.05) is 0 Å². The van der Waals surface area contributed by atoms with Crippen molar-refractivity contribution in [3.05, 3.63) is 34.3 Å². The van der Waals surface area contributed by atoms with Crippen LogP contribution in [0.1, 0.15) is 25.8 Å². The van der Waals surface area contributed by atoms with Crippen molar-refractivity contribution in [1.82, 2.24) is 4.90 Å². The molecule has 0 spiro atoms. The maximum Gasteiger partial charge on any atom is 0.0918 e. The normalized spacial score (nSPS) is 11.2. The third-order valence-corrected chi connectivity index (χ3v) is 3.17. The lowest BCUT2D eigenvalue weighted by Gasteiger charge is -2.24. The van der Waals surface area contributed by atoms with Crippen molar-refractivity contribution < 1.29 is 0 Å². The Morgan fingerprint density at radius 3 is 2.44 bits per heavy atom. The van der Waals surface area contributed by atoms with E-state index in [1.165, 1.54) is 5.56 Å². The first kappa shape index (κ1) is 15.2. The number of amidine groups is 1. The molecule has 0 bridgehead atoms. The van der Waals surface area contributed by atoms with Crippen LogP contribution in [0.3, 0.4) is 0 Å². The van der Waals surface area contributed by atoms with Crippen LogP contribution in [0.2, 0.25) is 0 Å². The molecule has 1 aromatic rings. The topological polar surface area (TPSA) is 53.1 Å². The number of benzene rings is 1. The van der Waals surface area contributed by atoms with Crippen LogP contribution in [0, 0.1) is 11.3 Å². The van der Waals surface area contributed by atoms with Gasteiger partial charge in [0.05, 0.1) is 5.84 Å². The monoisotopic (exact) mass is 311 g/mol. The van der Waals surface area contributed by atoms with Crippen LogP contribution in [-0.2, 0) is 6.54 Å². The average Bonchev–Trinajstić information content (AvgIpc) is 2.28. The zero-order chi connectivity index (χ0) is 13.5.